The zero-order valence-electron chi connectivity index (χ0n) is 18.0. The van der Waals surface area contributed by atoms with Crippen molar-refractivity contribution in [2.45, 2.75) is 32.0 Å². The van der Waals surface area contributed by atoms with Crippen LogP contribution >= 0.6 is 11.6 Å². The van der Waals surface area contributed by atoms with Crippen LogP contribution in [0.1, 0.15) is 35.2 Å². The maximum atomic E-state index is 13.2. The predicted octanol–water partition coefficient (Wildman–Crippen LogP) is 5.29. The maximum absolute atomic E-state index is 13.2. The third kappa shape index (κ3) is 3.89. The van der Waals surface area contributed by atoms with Gasteiger partial charge in [0.25, 0.3) is 11.7 Å². The number of Topliss-reactive ketones (excluding diaryl/α,β-unsaturated/α-hetero) is 1. The smallest absolute Gasteiger partial charge is 0.295 e. The summed E-state index contributed by atoms with van der Waals surface area (Å²) in [4.78, 5) is 27.8. The summed E-state index contributed by atoms with van der Waals surface area (Å²) in [5, 5.41) is 11.8. The highest BCUT2D eigenvalue weighted by Gasteiger charge is 2.46. The number of aliphatic hydroxyl groups excluding tert-OH is 1. The van der Waals surface area contributed by atoms with E-state index >= 15 is 0 Å². The van der Waals surface area contributed by atoms with Crippen LogP contribution in [0.4, 0.5) is 0 Å². The number of halogens is 1. The molecule has 2 aliphatic rings. The second kappa shape index (κ2) is 8.41. The van der Waals surface area contributed by atoms with E-state index in [9.17, 15) is 14.7 Å². The van der Waals surface area contributed by atoms with Crippen LogP contribution in [0, 0.1) is 0 Å². The van der Waals surface area contributed by atoms with Crippen LogP contribution in [0.25, 0.3) is 5.76 Å². The Morgan fingerprint density at radius 1 is 1.06 bits per heavy atom. The van der Waals surface area contributed by atoms with Crippen molar-refractivity contribution in [3.8, 4) is 5.75 Å². The Kier molecular flexibility index (Phi) is 5.43. The molecule has 0 spiro atoms. The highest BCUT2D eigenvalue weighted by Crippen LogP contribution is 2.41. The number of likely N-dealkylation sites (tertiary alicyclic amines) is 1. The lowest BCUT2D eigenvalue weighted by atomic mass is 9.94. The third-order valence-electron chi connectivity index (χ3n) is 6.09. The first-order valence-corrected chi connectivity index (χ1v) is 11.2. The van der Waals surface area contributed by atoms with E-state index in [1.807, 2.05) is 43.3 Å². The Labute approximate surface area is 196 Å². The molecule has 0 saturated carbocycles. The Balaban J connectivity index is 1.62. The minimum atomic E-state index is -0.731. The summed E-state index contributed by atoms with van der Waals surface area (Å²) in [6.07, 6.45) is 0.780. The molecule has 0 aromatic heterocycles. The van der Waals surface area contributed by atoms with Gasteiger partial charge in [-0.2, -0.15) is 0 Å². The number of carbonyl (C=O) groups excluding carboxylic acids is 2. The summed E-state index contributed by atoms with van der Waals surface area (Å²) in [5.74, 6) is -0.754. The number of nitrogens with zero attached hydrogens (tertiary/aromatic N) is 1. The molecule has 2 heterocycles. The molecular formula is C27H22ClNO4. The molecular weight excluding hydrogens is 438 g/mol. The highest BCUT2D eigenvalue weighted by atomic mass is 35.5. The number of ketones is 1. The minimum Gasteiger partial charge on any atom is -0.507 e. The monoisotopic (exact) mass is 459 g/mol. The molecule has 1 fully saturated rings. The molecule has 3 aromatic carbocycles. The van der Waals surface area contributed by atoms with E-state index in [0.717, 1.165) is 23.3 Å². The average molecular weight is 460 g/mol. The van der Waals surface area contributed by atoms with Gasteiger partial charge in [-0.05, 0) is 53.9 Å². The molecule has 0 aliphatic carbocycles. The number of hydrogen-bond donors (Lipinski definition) is 1. The fraction of sp³-hybridized carbons (Fsp3) is 0.185. The molecule has 2 aliphatic heterocycles. The lowest BCUT2D eigenvalue weighted by Crippen LogP contribution is -2.29. The predicted molar refractivity (Wildman–Crippen MR) is 126 cm³/mol. The number of benzene rings is 3. The van der Waals surface area contributed by atoms with E-state index in [1.165, 1.54) is 4.90 Å². The molecule has 6 heteroatoms. The summed E-state index contributed by atoms with van der Waals surface area (Å²) in [6.45, 7) is 2.22. The van der Waals surface area contributed by atoms with Crippen molar-refractivity contribution in [3.63, 3.8) is 0 Å². The fourth-order valence-corrected chi connectivity index (χ4v) is 4.67. The summed E-state index contributed by atoms with van der Waals surface area (Å²) < 4.78 is 5.75. The van der Waals surface area contributed by atoms with Crippen molar-refractivity contribution in [3.05, 3.63) is 106 Å². The first kappa shape index (κ1) is 21.3. The van der Waals surface area contributed by atoms with Gasteiger partial charge >= 0.3 is 0 Å². The first-order valence-electron chi connectivity index (χ1n) is 10.8. The van der Waals surface area contributed by atoms with E-state index in [-0.39, 0.29) is 24.0 Å². The van der Waals surface area contributed by atoms with Gasteiger partial charge in [0.05, 0.1) is 11.6 Å². The van der Waals surface area contributed by atoms with E-state index in [4.69, 9.17) is 16.3 Å². The van der Waals surface area contributed by atoms with E-state index in [0.29, 0.717) is 16.1 Å². The van der Waals surface area contributed by atoms with Gasteiger partial charge in [-0.15, -0.1) is 0 Å². The van der Waals surface area contributed by atoms with Crippen molar-refractivity contribution in [2.75, 3.05) is 0 Å². The molecule has 5 nitrogen and oxygen atoms in total. The van der Waals surface area contributed by atoms with Gasteiger partial charge in [-0.1, -0.05) is 54.1 Å². The number of aliphatic hydroxyl groups is 1. The SMILES string of the molecule is C[C@H]1Cc2cc(/C(O)=C3\C(=O)C(=O)N(Cc4ccccc4)[C@H]3c3ccc(Cl)cc3)ccc2O1. The fourth-order valence-electron chi connectivity index (χ4n) is 4.54. The highest BCUT2D eigenvalue weighted by molar-refractivity contribution is 6.46. The second-order valence-corrected chi connectivity index (χ2v) is 8.86. The van der Waals surface area contributed by atoms with E-state index in [1.54, 1.807) is 36.4 Å². The Bertz CT molecular complexity index is 1270. The topological polar surface area (TPSA) is 66.8 Å². The summed E-state index contributed by atoms with van der Waals surface area (Å²) >= 11 is 6.08. The number of amides is 1. The van der Waals surface area contributed by atoms with Crippen molar-refractivity contribution in [1.82, 2.24) is 4.90 Å². The van der Waals surface area contributed by atoms with Gasteiger partial charge in [-0.25, -0.2) is 0 Å². The minimum absolute atomic E-state index is 0.0583. The van der Waals surface area contributed by atoms with Gasteiger partial charge < -0.3 is 14.7 Å². The van der Waals surface area contributed by atoms with Gasteiger partial charge in [0.15, 0.2) is 0 Å². The molecule has 0 bridgehead atoms. The summed E-state index contributed by atoms with van der Waals surface area (Å²) in [5.41, 5.74) is 3.12. The summed E-state index contributed by atoms with van der Waals surface area (Å²) in [6, 6.07) is 21.1. The third-order valence-corrected chi connectivity index (χ3v) is 6.34. The normalized spacial score (nSPS) is 21.2. The molecule has 2 atom stereocenters. The zero-order valence-corrected chi connectivity index (χ0v) is 18.8. The van der Waals surface area contributed by atoms with Crippen molar-refractivity contribution in [1.29, 1.82) is 0 Å². The quantitative estimate of drug-likeness (QED) is 0.327. The van der Waals surface area contributed by atoms with Gasteiger partial charge in [0.1, 0.15) is 17.6 Å². The first-order chi connectivity index (χ1) is 15.9. The Morgan fingerprint density at radius 2 is 1.79 bits per heavy atom. The van der Waals surface area contributed by atoms with Crippen LogP contribution in [0.3, 0.4) is 0 Å². The van der Waals surface area contributed by atoms with Crippen LogP contribution in [-0.2, 0) is 22.6 Å². The van der Waals surface area contributed by atoms with Crippen LogP contribution in [0.15, 0.2) is 78.4 Å². The Hall–Kier alpha value is -3.57. The summed E-state index contributed by atoms with van der Waals surface area (Å²) in [7, 11) is 0. The molecule has 1 N–H and O–H groups in total. The molecule has 0 radical (unpaired) electrons. The van der Waals surface area contributed by atoms with E-state index in [2.05, 4.69) is 0 Å². The van der Waals surface area contributed by atoms with Gasteiger partial charge in [-0.3, -0.25) is 9.59 Å². The number of fused-ring (bicyclic) bond motifs is 1. The van der Waals surface area contributed by atoms with Gasteiger partial charge in [0, 0.05) is 23.6 Å². The van der Waals surface area contributed by atoms with Crippen molar-refractivity contribution < 1.29 is 19.4 Å². The number of hydrogen-bond acceptors (Lipinski definition) is 4. The van der Waals surface area contributed by atoms with Crippen LogP contribution in [0.2, 0.25) is 5.02 Å². The Morgan fingerprint density at radius 3 is 2.52 bits per heavy atom. The second-order valence-electron chi connectivity index (χ2n) is 8.42. The van der Waals surface area contributed by atoms with Crippen LogP contribution < -0.4 is 4.74 Å². The van der Waals surface area contributed by atoms with Crippen LogP contribution in [0.5, 0.6) is 5.75 Å². The lowest BCUT2D eigenvalue weighted by molar-refractivity contribution is -0.140. The molecule has 1 amide bonds. The van der Waals surface area contributed by atoms with Crippen LogP contribution in [-0.4, -0.2) is 27.8 Å². The zero-order chi connectivity index (χ0) is 23.1. The standard InChI is InChI=1S/C27H22ClNO4/c1-16-13-20-14-19(9-12-22(20)33-16)25(30)23-24(18-7-10-21(28)11-8-18)29(27(32)26(23)31)15-17-5-3-2-4-6-17/h2-12,14,16,24,30H,13,15H2,1H3/b25-23+/t16-,24-/m0/s1. The molecule has 0 unspecified atom stereocenters. The lowest BCUT2D eigenvalue weighted by Gasteiger charge is -2.25. The molecule has 166 valence electrons. The van der Waals surface area contributed by atoms with E-state index < -0.39 is 17.7 Å². The maximum Gasteiger partial charge on any atom is 0.295 e. The molecule has 1 saturated heterocycles. The number of carbonyl (C=O) groups is 2. The molecule has 33 heavy (non-hydrogen) atoms. The number of rotatable bonds is 4. The largest absolute Gasteiger partial charge is 0.507 e. The van der Waals surface area contributed by atoms with Crippen molar-refractivity contribution in [2.24, 2.45) is 0 Å². The molecule has 3 aromatic rings. The average Bonchev–Trinajstić information content (AvgIpc) is 3.31. The number of ether oxygens (including phenoxy) is 1. The van der Waals surface area contributed by atoms with Crippen molar-refractivity contribution >= 4 is 29.1 Å². The van der Waals surface area contributed by atoms with Gasteiger partial charge in [0.2, 0.25) is 0 Å². The molecule has 5 rings (SSSR count).